The first-order valence-electron chi connectivity index (χ1n) is 5.76. The topological polar surface area (TPSA) is 32.3 Å². The summed E-state index contributed by atoms with van der Waals surface area (Å²) in [5.74, 6) is 0. The van der Waals surface area contributed by atoms with Crippen molar-refractivity contribution in [3.05, 3.63) is 34.3 Å². The normalized spacial score (nSPS) is 14.8. The smallest absolute Gasteiger partial charge is 0.0512 e. The van der Waals surface area contributed by atoms with Gasteiger partial charge < -0.3 is 10.4 Å². The average Bonchev–Trinajstić information content (AvgIpc) is 2.25. The van der Waals surface area contributed by atoms with Gasteiger partial charge in [0.15, 0.2) is 0 Å². The largest absolute Gasteiger partial charge is 0.393 e. The molecule has 0 aromatic heterocycles. The van der Waals surface area contributed by atoms with Crippen LogP contribution >= 0.6 is 15.9 Å². The van der Waals surface area contributed by atoms with Crippen molar-refractivity contribution in [2.45, 2.75) is 38.8 Å². The summed E-state index contributed by atoms with van der Waals surface area (Å²) >= 11 is 3.43. The number of nitrogens with one attached hydrogen (secondary N) is 1. The summed E-state index contributed by atoms with van der Waals surface area (Å²) in [7, 11) is 0. The van der Waals surface area contributed by atoms with Crippen LogP contribution in [-0.2, 0) is 0 Å². The van der Waals surface area contributed by atoms with Gasteiger partial charge in [0.2, 0.25) is 0 Å². The fourth-order valence-electron chi connectivity index (χ4n) is 1.59. The van der Waals surface area contributed by atoms with Crippen LogP contribution in [0.15, 0.2) is 28.7 Å². The van der Waals surface area contributed by atoms with E-state index in [1.165, 1.54) is 5.56 Å². The second-order valence-corrected chi connectivity index (χ2v) is 5.13. The molecule has 0 aliphatic carbocycles. The Labute approximate surface area is 106 Å². The fourth-order valence-corrected chi connectivity index (χ4v) is 1.85. The number of rotatable bonds is 6. The summed E-state index contributed by atoms with van der Waals surface area (Å²) in [6.07, 6.45) is 1.68. The molecule has 0 bridgehead atoms. The lowest BCUT2D eigenvalue weighted by molar-refractivity contribution is 0.181. The molecule has 0 amide bonds. The van der Waals surface area contributed by atoms with Crippen LogP contribution in [0.4, 0.5) is 0 Å². The van der Waals surface area contributed by atoms with Crippen LogP contribution in [0.3, 0.4) is 0 Å². The average molecular weight is 286 g/mol. The number of halogens is 1. The van der Waals surface area contributed by atoms with Crippen LogP contribution < -0.4 is 5.32 Å². The lowest BCUT2D eigenvalue weighted by atomic mass is 10.1. The van der Waals surface area contributed by atoms with Crippen LogP contribution in [-0.4, -0.2) is 17.8 Å². The molecule has 2 nitrogen and oxygen atoms in total. The third kappa shape index (κ3) is 5.10. The van der Waals surface area contributed by atoms with Crippen molar-refractivity contribution in [1.82, 2.24) is 5.32 Å². The Kier molecular flexibility index (Phi) is 6.03. The van der Waals surface area contributed by atoms with E-state index in [4.69, 9.17) is 5.11 Å². The van der Waals surface area contributed by atoms with Gasteiger partial charge in [-0.3, -0.25) is 0 Å². The maximum absolute atomic E-state index is 9.13. The van der Waals surface area contributed by atoms with Crippen molar-refractivity contribution < 1.29 is 5.11 Å². The minimum atomic E-state index is -0.190. The summed E-state index contributed by atoms with van der Waals surface area (Å²) in [6, 6.07) is 8.72. The predicted molar refractivity (Wildman–Crippen MR) is 71.5 cm³/mol. The highest BCUT2D eigenvalue weighted by molar-refractivity contribution is 9.10. The van der Waals surface area contributed by atoms with Gasteiger partial charge in [-0.05, 0) is 50.9 Å². The van der Waals surface area contributed by atoms with E-state index in [0.29, 0.717) is 6.04 Å². The van der Waals surface area contributed by atoms with E-state index < -0.39 is 0 Å². The highest BCUT2D eigenvalue weighted by Gasteiger charge is 2.04. The van der Waals surface area contributed by atoms with Crippen LogP contribution in [0.1, 0.15) is 38.3 Å². The molecule has 1 rings (SSSR count). The minimum Gasteiger partial charge on any atom is -0.393 e. The van der Waals surface area contributed by atoms with Crippen LogP contribution in [0.25, 0.3) is 0 Å². The lowest BCUT2D eigenvalue weighted by Crippen LogP contribution is -2.20. The highest BCUT2D eigenvalue weighted by Crippen LogP contribution is 2.16. The van der Waals surface area contributed by atoms with Gasteiger partial charge >= 0.3 is 0 Å². The minimum absolute atomic E-state index is 0.190. The van der Waals surface area contributed by atoms with Gasteiger partial charge in [0.1, 0.15) is 0 Å². The standard InChI is InChI=1S/C13H20BrNO/c1-10(16)4-3-9-15-11(2)12-5-7-13(14)8-6-12/h5-8,10-11,15-16H,3-4,9H2,1-2H3. The van der Waals surface area contributed by atoms with E-state index in [2.05, 4.69) is 52.4 Å². The molecule has 3 heteroatoms. The van der Waals surface area contributed by atoms with Crippen LogP contribution in [0.2, 0.25) is 0 Å². The predicted octanol–water partition coefficient (Wildman–Crippen LogP) is 3.26. The van der Waals surface area contributed by atoms with Crippen molar-refractivity contribution in [3.8, 4) is 0 Å². The lowest BCUT2D eigenvalue weighted by Gasteiger charge is -2.14. The molecule has 0 aliphatic heterocycles. The fraction of sp³-hybridized carbons (Fsp3) is 0.538. The Morgan fingerprint density at radius 1 is 1.25 bits per heavy atom. The van der Waals surface area contributed by atoms with Crippen LogP contribution in [0, 0.1) is 0 Å². The molecule has 0 fully saturated rings. The molecule has 0 heterocycles. The zero-order valence-corrected chi connectivity index (χ0v) is 11.5. The number of aliphatic hydroxyl groups is 1. The van der Waals surface area contributed by atoms with Gasteiger partial charge in [0.05, 0.1) is 6.10 Å². The van der Waals surface area contributed by atoms with Gasteiger partial charge in [0, 0.05) is 10.5 Å². The van der Waals surface area contributed by atoms with E-state index in [9.17, 15) is 0 Å². The van der Waals surface area contributed by atoms with Crippen molar-refractivity contribution in [2.75, 3.05) is 6.54 Å². The molecular weight excluding hydrogens is 266 g/mol. The van der Waals surface area contributed by atoms with E-state index >= 15 is 0 Å². The van der Waals surface area contributed by atoms with Crippen molar-refractivity contribution in [2.24, 2.45) is 0 Å². The van der Waals surface area contributed by atoms with Crippen molar-refractivity contribution in [1.29, 1.82) is 0 Å². The quantitative estimate of drug-likeness (QED) is 0.787. The third-order valence-electron chi connectivity index (χ3n) is 2.62. The zero-order chi connectivity index (χ0) is 12.0. The maximum Gasteiger partial charge on any atom is 0.0512 e. The monoisotopic (exact) mass is 285 g/mol. The first-order chi connectivity index (χ1) is 7.59. The number of aliphatic hydroxyl groups excluding tert-OH is 1. The summed E-state index contributed by atoms with van der Waals surface area (Å²) < 4.78 is 1.11. The van der Waals surface area contributed by atoms with E-state index in [0.717, 1.165) is 23.9 Å². The molecular formula is C13H20BrNO. The molecule has 2 unspecified atom stereocenters. The Balaban J connectivity index is 2.29. The molecule has 0 spiro atoms. The molecule has 0 saturated carbocycles. The zero-order valence-electron chi connectivity index (χ0n) is 9.91. The number of hydrogen-bond donors (Lipinski definition) is 2. The molecule has 1 aromatic carbocycles. The number of hydrogen-bond acceptors (Lipinski definition) is 2. The Morgan fingerprint density at radius 3 is 2.44 bits per heavy atom. The van der Waals surface area contributed by atoms with E-state index in [1.54, 1.807) is 0 Å². The summed E-state index contributed by atoms with van der Waals surface area (Å²) in [5, 5.41) is 12.6. The summed E-state index contributed by atoms with van der Waals surface area (Å²) in [4.78, 5) is 0. The Bertz CT molecular complexity index is 297. The van der Waals surface area contributed by atoms with Gasteiger partial charge in [-0.25, -0.2) is 0 Å². The van der Waals surface area contributed by atoms with Gasteiger partial charge in [0.25, 0.3) is 0 Å². The second-order valence-electron chi connectivity index (χ2n) is 4.22. The SMILES string of the molecule is CC(O)CCCNC(C)c1ccc(Br)cc1. The number of benzene rings is 1. The Morgan fingerprint density at radius 2 is 1.88 bits per heavy atom. The summed E-state index contributed by atoms with van der Waals surface area (Å²) in [5.41, 5.74) is 1.29. The first-order valence-corrected chi connectivity index (χ1v) is 6.56. The summed E-state index contributed by atoms with van der Waals surface area (Å²) in [6.45, 7) is 4.94. The van der Waals surface area contributed by atoms with Crippen molar-refractivity contribution >= 4 is 15.9 Å². The van der Waals surface area contributed by atoms with Crippen molar-refractivity contribution in [3.63, 3.8) is 0 Å². The molecule has 2 atom stereocenters. The van der Waals surface area contributed by atoms with E-state index in [-0.39, 0.29) is 6.10 Å². The van der Waals surface area contributed by atoms with Gasteiger partial charge in [-0.1, -0.05) is 28.1 Å². The molecule has 16 heavy (non-hydrogen) atoms. The molecule has 2 N–H and O–H groups in total. The molecule has 90 valence electrons. The van der Waals surface area contributed by atoms with E-state index in [1.807, 2.05) is 6.92 Å². The Hall–Kier alpha value is -0.380. The molecule has 0 saturated heterocycles. The maximum atomic E-state index is 9.13. The molecule has 1 aromatic rings. The van der Waals surface area contributed by atoms with Crippen LogP contribution in [0.5, 0.6) is 0 Å². The molecule has 0 aliphatic rings. The van der Waals surface area contributed by atoms with Gasteiger partial charge in [-0.2, -0.15) is 0 Å². The second kappa shape index (κ2) is 7.05. The first kappa shape index (κ1) is 13.7. The van der Waals surface area contributed by atoms with Gasteiger partial charge in [-0.15, -0.1) is 0 Å². The molecule has 0 radical (unpaired) electrons. The highest BCUT2D eigenvalue weighted by atomic mass is 79.9. The third-order valence-corrected chi connectivity index (χ3v) is 3.15.